The average Bonchev–Trinajstić information content (AvgIpc) is 3.21. The number of nitrogens with one attached hydrogen (secondary N) is 1. The molecule has 3 heteroatoms. The molecule has 0 amide bonds. The van der Waals surface area contributed by atoms with Crippen molar-refractivity contribution in [2.45, 2.75) is 32.4 Å². The van der Waals surface area contributed by atoms with E-state index < -0.39 is 0 Å². The van der Waals surface area contributed by atoms with Crippen molar-refractivity contribution in [1.29, 1.82) is 0 Å². The van der Waals surface area contributed by atoms with Crippen molar-refractivity contribution in [2.75, 3.05) is 0 Å². The van der Waals surface area contributed by atoms with Gasteiger partial charge in [0.25, 0.3) is 0 Å². The number of nitrogens with zero attached hydrogens (tertiary/aromatic N) is 1. The summed E-state index contributed by atoms with van der Waals surface area (Å²) in [6.45, 7) is 2.82. The van der Waals surface area contributed by atoms with Crippen LogP contribution in [0.4, 0.5) is 0 Å². The van der Waals surface area contributed by atoms with Crippen LogP contribution in [-0.4, -0.2) is 11.0 Å². The van der Waals surface area contributed by atoms with Crippen molar-refractivity contribution < 1.29 is 4.42 Å². The monoisotopic (exact) mass is 278 g/mol. The van der Waals surface area contributed by atoms with Gasteiger partial charge in [0.1, 0.15) is 11.5 Å². The number of fused-ring (bicyclic) bond motifs is 1. The zero-order valence-corrected chi connectivity index (χ0v) is 12.1. The minimum Gasteiger partial charge on any atom is -0.460 e. The fourth-order valence-electron chi connectivity index (χ4n) is 2.59. The minimum absolute atomic E-state index is 0.695. The molecule has 3 aromatic rings. The van der Waals surface area contributed by atoms with Gasteiger partial charge < -0.3 is 9.73 Å². The van der Waals surface area contributed by atoms with Crippen LogP contribution in [0, 0.1) is 6.92 Å². The van der Waals surface area contributed by atoms with E-state index >= 15 is 0 Å². The van der Waals surface area contributed by atoms with E-state index in [0.717, 1.165) is 40.2 Å². The van der Waals surface area contributed by atoms with E-state index in [4.69, 9.17) is 4.42 Å². The zero-order chi connectivity index (χ0) is 14.2. The van der Waals surface area contributed by atoms with Gasteiger partial charge in [-0.15, -0.1) is 0 Å². The fourth-order valence-corrected chi connectivity index (χ4v) is 2.59. The van der Waals surface area contributed by atoms with E-state index in [9.17, 15) is 0 Å². The van der Waals surface area contributed by atoms with Crippen molar-refractivity contribution in [2.24, 2.45) is 0 Å². The van der Waals surface area contributed by atoms with Gasteiger partial charge in [0.05, 0.1) is 12.1 Å². The molecule has 0 spiro atoms. The molecule has 0 unspecified atom stereocenters. The molecule has 0 atom stereocenters. The van der Waals surface area contributed by atoms with Crippen LogP contribution in [0.2, 0.25) is 0 Å². The smallest absolute Gasteiger partial charge is 0.136 e. The van der Waals surface area contributed by atoms with Crippen molar-refractivity contribution in [1.82, 2.24) is 10.3 Å². The van der Waals surface area contributed by atoms with Crippen molar-refractivity contribution in [3.8, 4) is 11.3 Å². The normalized spacial score (nSPS) is 14.7. The average molecular weight is 278 g/mol. The molecule has 0 saturated heterocycles. The second-order valence-corrected chi connectivity index (χ2v) is 5.75. The SMILES string of the molecule is Cc1ccc2cccc(-c3ccc(CNC4CC4)o3)c2n1. The summed E-state index contributed by atoms with van der Waals surface area (Å²) in [5.74, 6) is 1.88. The highest BCUT2D eigenvalue weighted by Crippen LogP contribution is 2.29. The molecule has 2 aromatic heterocycles. The first-order chi connectivity index (χ1) is 10.3. The summed E-state index contributed by atoms with van der Waals surface area (Å²) in [5, 5.41) is 4.62. The number of para-hydroxylation sites is 1. The number of aromatic nitrogens is 1. The molecule has 0 radical (unpaired) electrons. The van der Waals surface area contributed by atoms with E-state index in [-0.39, 0.29) is 0 Å². The summed E-state index contributed by atoms with van der Waals surface area (Å²) in [4.78, 5) is 4.67. The zero-order valence-electron chi connectivity index (χ0n) is 12.1. The number of rotatable bonds is 4. The Bertz CT molecular complexity index is 787. The molecule has 0 aliphatic heterocycles. The Morgan fingerprint density at radius 2 is 2.05 bits per heavy atom. The number of hydrogen-bond donors (Lipinski definition) is 1. The highest BCUT2D eigenvalue weighted by molar-refractivity contribution is 5.92. The van der Waals surface area contributed by atoms with Crippen LogP contribution in [0.15, 0.2) is 46.9 Å². The van der Waals surface area contributed by atoms with Gasteiger partial charge in [-0.25, -0.2) is 0 Å². The molecule has 1 aliphatic rings. The van der Waals surface area contributed by atoms with Crippen LogP contribution in [0.25, 0.3) is 22.2 Å². The van der Waals surface area contributed by atoms with Crippen LogP contribution >= 0.6 is 0 Å². The van der Waals surface area contributed by atoms with E-state index in [1.807, 2.05) is 19.1 Å². The predicted octanol–water partition coefficient (Wildman–Crippen LogP) is 4.06. The van der Waals surface area contributed by atoms with E-state index in [0.29, 0.717) is 6.04 Å². The predicted molar refractivity (Wildman–Crippen MR) is 84.0 cm³/mol. The molecule has 4 rings (SSSR count). The Hall–Kier alpha value is -2.13. The lowest BCUT2D eigenvalue weighted by Crippen LogP contribution is -2.14. The van der Waals surface area contributed by atoms with Gasteiger partial charge in [0.2, 0.25) is 0 Å². The molecule has 1 aliphatic carbocycles. The Morgan fingerprint density at radius 1 is 1.14 bits per heavy atom. The summed E-state index contributed by atoms with van der Waals surface area (Å²) in [6, 6.07) is 15.2. The highest BCUT2D eigenvalue weighted by atomic mass is 16.3. The Morgan fingerprint density at radius 3 is 2.90 bits per heavy atom. The van der Waals surface area contributed by atoms with Crippen LogP contribution in [0.5, 0.6) is 0 Å². The first kappa shape index (κ1) is 12.6. The summed E-state index contributed by atoms with van der Waals surface area (Å²) in [7, 11) is 0. The van der Waals surface area contributed by atoms with E-state index in [1.54, 1.807) is 0 Å². The van der Waals surface area contributed by atoms with Crippen molar-refractivity contribution in [3.63, 3.8) is 0 Å². The molecule has 106 valence electrons. The van der Waals surface area contributed by atoms with Gasteiger partial charge >= 0.3 is 0 Å². The van der Waals surface area contributed by atoms with Gasteiger partial charge in [-0.2, -0.15) is 0 Å². The Balaban J connectivity index is 1.70. The van der Waals surface area contributed by atoms with Crippen LogP contribution in [-0.2, 0) is 6.54 Å². The van der Waals surface area contributed by atoms with Gasteiger partial charge in [-0.05, 0) is 44.0 Å². The molecule has 1 N–H and O–H groups in total. The number of hydrogen-bond acceptors (Lipinski definition) is 3. The largest absolute Gasteiger partial charge is 0.460 e. The summed E-state index contributed by atoms with van der Waals surface area (Å²) >= 11 is 0. The second kappa shape index (κ2) is 5.01. The van der Waals surface area contributed by atoms with Crippen LogP contribution in [0.3, 0.4) is 0 Å². The molecular formula is C18H18N2O. The standard InChI is InChI=1S/C18H18N2O/c1-12-5-6-13-3-2-4-16(18(13)20-12)17-10-9-15(21-17)11-19-14-7-8-14/h2-6,9-10,14,19H,7-8,11H2,1H3. The maximum atomic E-state index is 5.99. The van der Waals surface area contributed by atoms with Gasteiger partial charge in [0.15, 0.2) is 0 Å². The van der Waals surface area contributed by atoms with Gasteiger partial charge in [-0.3, -0.25) is 4.98 Å². The van der Waals surface area contributed by atoms with Crippen molar-refractivity contribution in [3.05, 3.63) is 53.9 Å². The highest BCUT2D eigenvalue weighted by Gasteiger charge is 2.20. The maximum absolute atomic E-state index is 5.99. The third-order valence-corrected chi connectivity index (χ3v) is 3.93. The molecule has 1 saturated carbocycles. The Kier molecular flexibility index (Phi) is 3.00. The first-order valence-electron chi connectivity index (χ1n) is 7.48. The fraction of sp³-hybridized carbons (Fsp3) is 0.278. The summed E-state index contributed by atoms with van der Waals surface area (Å²) in [5.41, 5.74) is 3.10. The molecule has 3 nitrogen and oxygen atoms in total. The second-order valence-electron chi connectivity index (χ2n) is 5.75. The maximum Gasteiger partial charge on any atom is 0.136 e. The lowest BCUT2D eigenvalue weighted by atomic mass is 10.1. The number of furan rings is 1. The first-order valence-corrected chi connectivity index (χ1v) is 7.48. The van der Waals surface area contributed by atoms with E-state index in [2.05, 4.69) is 40.6 Å². The molecule has 0 bridgehead atoms. The quantitative estimate of drug-likeness (QED) is 0.782. The summed E-state index contributed by atoms with van der Waals surface area (Å²) in [6.07, 6.45) is 2.58. The number of aryl methyl sites for hydroxylation is 1. The topological polar surface area (TPSA) is 38.1 Å². The molecule has 21 heavy (non-hydrogen) atoms. The van der Waals surface area contributed by atoms with Crippen LogP contribution < -0.4 is 5.32 Å². The molecular weight excluding hydrogens is 260 g/mol. The van der Waals surface area contributed by atoms with E-state index in [1.165, 1.54) is 12.8 Å². The lowest BCUT2D eigenvalue weighted by Gasteiger charge is -2.04. The van der Waals surface area contributed by atoms with Crippen molar-refractivity contribution >= 4 is 10.9 Å². The van der Waals surface area contributed by atoms with Crippen LogP contribution in [0.1, 0.15) is 24.3 Å². The lowest BCUT2D eigenvalue weighted by molar-refractivity contribution is 0.493. The summed E-state index contributed by atoms with van der Waals surface area (Å²) < 4.78 is 5.99. The third-order valence-electron chi connectivity index (χ3n) is 3.93. The molecule has 1 aromatic carbocycles. The Labute approximate surface area is 124 Å². The number of pyridine rings is 1. The minimum atomic E-state index is 0.695. The third kappa shape index (κ3) is 2.57. The number of benzene rings is 1. The molecule has 1 fully saturated rings. The van der Waals surface area contributed by atoms with Gasteiger partial charge in [-0.1, -0.05) is 18.2 Å². The molecule has 2 heterocycles. The van der Waals surface area contributed by atoms with Gasteiger partial charge in [0, 0.05) is 22.7 Å².